The average Bonchev–Trinajstić information content (AvgIpc) is 2.48. The van der Waals surface area contributed by atoms with Crippen LogP contribution in [0.5, 0.6) is 0 Å². The number of hydrogen-bond acceptors (Lipinski definition) is 3. The molecular weight excluding hydrogens is 386 g/mol. The second-order valence-corrected chi connectivity index (χ2v) is 5.11. The van der Waals surface area contributed by atoms with Crippen molar-refractivity contribution in [2.24, 2.45) is 5.73 Å². The van der Waals surface area contributed by atoms with Gasteiger partial charge in [-0.1, -0.05) is 41.9 Å². The molecule has 0 aromatic heterocycles. The summed E-state index contributed by atoms with van der Waals surface area (Å²) in [6, 6.07) is 5.08. The molecule has 6 nitrogen and oxygen atoms in total. The molecule has 0 aliphatic heterocycles. The standard InChI is InChI=1S/C12H13Cl2N3O.C2HF3O2/c1-2-6-16-12(15)17-11(18)7-8-9(13)4-3-5-10(8)14;3-2(4,5)1(6)7/h2-5H,1,6-7H2,(H3,15,16,17,18);(H,6,7). The third kappa shape index (κ3) is 9.58. The molecule has 4 N–H and O–H groups in total. The maximum Gasteiger partial charge on any atom is 0.430 e. The summed E-state index contributed by atoms with van der Waals surface area (Å²) in [4.78, 5) is 23.2. The number of carbonyl (C=O) groups excluding carboxylic acids is 2. The number of guanidine groups is 1. The number of carboxylic acid groups (broad SMARTS) is 1. The number of benzene rings is 1. The minimum Gasteiger partial charge on any atom is -0.542 e. The maximum atomic E-state index is 11.7. The van der Waals surface area contributed by atoms with Crippen LogP contribution in [0.3, 0.4) is 0 Å². The molecule has 0 atom stereocenters. The zero-order valence-electron chi connectivity index (χ0n) is 12.6. The Morgan fingerprint density at radius 2 is 1.80 bits per heavy atom. The van der Waals surface area contributed by atoms with Crippen molar-refractivity contribution in [1.29, 1.82) is 0 Å². The quantitative estimate of drug-likeness (QED) is 0.361. The van der Waals surface area contributed by atoms with Gasteiger partial charge in [0.2, 0.25) is 0 Å². The number of carbonyl (C=O) groups is 2. The number of nitrogens with two attached hydrogens (primary N) is 1. The molecule has 1 amide bonds. The first-order valence-electron chi connectivity index (χ1n) is 6.47. The van der Waals surface area contributed by atoms with E-state index < -0.39 is 12.1 Å². The number of halogens is 5. The zero-order chi connectivity index (χ0) is 19.6. The van der Waals surface area contributed by atoms with Gasteiger partial charge in [-0.15, -0.1) is 0 Å². The van der Waals surface area contributed by atoms with Crippen LogP contribution in [0.4, 0.5) is 13.2 Å². The van der Waals surface area contributed by atoms with Gasteiger partial charge in [0.05, 0.1) is 13.0 Å². The zero-order valence-corrected chi connectivity index (χ0v) is 14.1. The Hall–Kier alpha value is -2.26. The Bertz CT molecular complexity index is 644. The first-order valence-corrected chi connectivity index (χ1v) is 7.22. The molecule has 1 aromatic rings. The van der Waals surface area contributed by atoms with Gasteiger partial charge in [-0.05, 0) is 12.1 Å². The fourth-order valence-corrected chi connectivity index (χ4v) is 1.81. The summed E-state index contributed by atoms with van der Waals surface area (Å²) < 4.78 is 31.5. The molecule has 0 fully saturated rings. The van der Waals surface area contributed by atoms with Crippen LogP contribution in [-0.4, -0.2) is 30.6 Å². The highest BCUT2D eigenvalue weighted by Crippen LogP contribution is 2.24. The van der Waals surface area contributed by atoms with Gasteiger partial charge in [0, 0.05) is 15.6 Å². The van der Waals surface area contributed by atoms with Gasteiger partial charge in [0.15, 0.2) is 0 Å². The fraction of sp³-hybridized carbons (Fsp3) is 0.214. The Morgan fingerprint density at radius 1 is 1.32 bits per heavy atom. The summed E-state index contributed by atoms with van der Waals surface area (Å²) in [7, 11) is 0. The lowest BCUT2D eigenvalue weighted by molar-refractivity contribution is -0.447. The van der Waals surface area contributed by atoms with Crippen molar-refractivity contribution in [2.45, 2.75) is 12.6 Å². The third-order valence-electron chi connectivity index (χ3n) is 2.34. The highest BCUT2D eigenvalue weighted by atomic mass is 35.5. The normalized spacial score (nSPS) is 11.2. The van der Waals surface area contributed by atoms with E-state index in [4.69, 9.17) is 38.8 Å². The molecule has 0 bridgehead atoms. The SMILES string of the molecule is C=CC[NH+]=C(N)NC(=O)Cc1c(Cl)cccc1Cl.O=C([O-])C(F)(F)F. The van der Waals surface area contributed by atoms with E-state index in [0.29, 0.717) is 22.2 Å². The minimum atomic E-state index is -5.19. The van der Waals surface area contributed by atoms with Gasteiger partial charge < -0.3 is 9.90 Å². The summed E-state index contributed by atoms with van der Waals surface area (Å²) in [5.74, 6) is -3.13. The van der Waals surface area contributed by atoms with Crippen LogP contribution >= 0.6 is 23.2 Å². The number of carboxylic acids is 1. The molecule has 0 saturated carbocycles. The highest BCUT2D eigenvalue weighted by molar-refractivity contribution is 6.36. The molecule has 1 rings (SSSR count). The largest absolute Gasteiger partial charge is 0.542 e. The number of hydrogen-bond donors (Lipinski definition) is 3. The van der Waals surface area contributed by atoms with Gasteiger partial charge in [-0.3, -0.25) is 15.5 Å². The van der Waals surface area contributed by atoms with Crippen molar-refractivity contribution in [3.8, 4) is 0 Å². The van der Waals surface area contributed by atoms with Crippen LogP contribution in [0.25, 0.3) is 0 Å². The lowest BCUT2D eigenvalue weighted by Gasteiger charge is -2.04. The molecule has 0 saturated heterocycles. The predicted octanol–water partition coefficient (Wildman–Crippen LogP) is -0.468. The first-order chi connectivity index (χ1) is 11.5. The number of aliphatic carboxylic acids is 1. The van der Waals surface area contributed by atoms with Crippen molar-refractivity contribution in [3.05, 3.63) is 46.5 Å². The molecule has 0 spiro atoms. The van der Waals surface area contributed by atoms with Crippen molar-refractivity contribution in [3.63, 3.8) is 0 Å². The van der Waals surface area contributed by atoms with Gasteiger partial charge in [-0.25, -0.2) is 5.32 Å². The van der Waals surface area contributed by atoms with Crippen molar-refractivity contribution in [1.82, 2.24) is 5.32 Å². The average molecular weight is 400 g/mol. The Morgan fingerprint density at radius 3 is 2.20 bits per heavy atom. The van der Waals surface area contributed by atoms with Crippen molar-refractivity contribution < 1.29 is 32.9 Å². The molecule has 0 aliphatic carbocycles. The van der Waals surface area contributed by atoms with E-state index in [0.717, 1.165) is 0 Å². The highest BCUT2D eigenvalue weighted by Gasteiger charge is 2.28. The van der Waals surface area contributed by atoms with Crippen LogP contribution in [-0.2, 0) is 16.0 Å². The number of alkyl halides is 3. The predicted molar refractivity (Wildman–Crippen MR) is 84.6 cm³/mol. The fourth-order valence-electron chi connectivity index (χ4n) is 1.28. The molecule has 25 heavy (non-hydrogen) atoms. The Balaban J connectivity index is 0.000000697. The Kier molecular flexibility index (Phi) is 9.62. The monoisotopic (exact) mass is 399 g/mol. The van der Waals surface area contributed by atoms with Gasteiger partial charge in [0.25, 0.3) is 5.91 Å². The smallest absolute Gasteiger partial charge is 0.430 e. The number of nitrogens with one attached hydrogen (secondary N) is 2. The summed E-state index contributed by atoms with van der Waals surface area (Å²) >= 11 is 11.9. The van der Waals surface area contributed by atoms with E-state index in [1.165, 1.54) is 0 Å². The summed E-state index contributed by atoms with van der Waals surface area (Å²) in [5, 5.41) is 12.2. The van der Waals surface area contributed by atoms with Crippen LogP contribution < -0.4 is 21.1 Å². The lowest BCUT2D eigenvalue weighted by Crippen LogP contribution is -2.79. The van der Waals surface area contributed by atoms with E-state index in [-0.39, 0.29) is 18.3 Å². The van der Waals surface area contributed by atoms with Gasteiger partial charge in [0.1, 0.15) is 5.97 Å². The van der Waals surface area contributed by atoms with Crippen LogP contribution in [0.2, 0.25) is 10.0 Å². The number of rotatable bonds is 4. The van der Waals surface area contributed by atoms with E-state index in [9.17, 15) is 18.0 Å². The maximum absolute atomic E-state index is 11.7. The number of amides is 1. The summed E-state index contributed by atoms with van der Waals surface area (Å²) in [6.45, 7) is 3.99. The molecule has 138 valence electrons. The molecule has 1 aromatic carbocycles. The second-order valence-electron chi connectivity index (χ2n) is 4.29. The van der Waals surface area contributed by atoms with E-state index in [1.54, 1.807) is 24.3 Å². The van der Waals surface area contributed by atoms with Crippen LogP contribution in [0, 0.1) is 0 Å². The van der Waals surface area contributed by atoms with Crippen molar-refractivity contribution >= 4 is 41.0 Å². The molecule has 0 unspecified atom stereocenters. The van der Waals surface area contributed by atoms with Crippen LogP contribution in [0.1, 0.15) is 5.56 Å². The molecule has 0 aliphatic rings. The molecule has 0 radical (unpaired) electrons. The van der Waals surface area contributed by atoms with Crippen LogP contribution in [0.15, 0.2) is 30.9 Å². The van der Waals surface area contributed by atoms with Gasteiger partial charge in [-0.2, -0.15) is 13.2 Å². The summed E-state index contributed by atoms with van der Waals surface area (Å²) in [6.07, 6.45) is -3.50. The minimum absolute atomic E-state index is 0.0645. The van der Waals surface area contributed by atoms with E-state index >= 15 is 0 Å². The molecule has 0 heterocycles. The third-order valence-corrected chi connectivity index (χ3v) is 3.05. The molecule has 11 heteroatoms. The summed E-state index contributed by atoms with van der Waals surface area (Å²) in [5.41, 5.74) is 6.13. The van der Waals surface area contributed by atoms with Gasteiger partial charge >= 0.3 is 12.1 Å². The second kappa shape index (κ2) is 10.6. The first kappa shape index (κ1) is 22.7. The van der Waals surface area contributed by atoms with Crippen molar-refractivity contribution in [2.75, 3.05) is 6.54 Å². The van der Waals surface area contributed by atoms with E-state index in [1.807, 2.05) is 0 Å². The Labute approximate surface area is 151 Å². The topological polar surface area (TPSA) is 109 Å². The molecular formula is C14H14Cl2F3N3O3. The van der Waals surface area contributed by atoms with E-state index in [2.05, 4.69) is 16.9 Å². The lowest BCUT2D eigenvalue weighted by atomic mass is 10.1.